The Hall–Kier alpha value is -3.68. The fourth-order valence-corrected chi connectivity index (χ4v) is 6.60. The van der Waals surface area contributed by atoms with E-state index in [-0.39, 0.29) is 17.6 Å². The molecule has 2 fully saturated rings. The average Bonchev–Trinajstić information content (AvgIpc) is 3.37. The first kappa shape index (κ1) is 23.7. The molecule has 4 heterocycles. The Bertz CT molecular complexity index is 1240. The van der Waals surface area contributed by atoms with Crippen LogP contribution in [0.15, 0.2) is 59.6 Å². The third-order valence-corrected chi connectivity index (χ3v) is 8.89. The number of aliphatic imine (C=N–C) groups is 1. The van der Waals surface area contributed by atoms with Gasteiger partial charge in [0.15, 0.2) is 0 Å². The van der Waals surface area contributed by atoms with E-state index in [0.717, 1.165) is 70.3 Å². The number of nitrogens with zero attached hydrogens (tertiary/aromatic N) is 5. The standard InChI is InChI=1S/C29H33N5O3/c35-27(33-16-9-29(10-17-33)7-14-32(15-8-29)23-5-11-30-12-6-23)22-2-1-21-3-4-25(24(21)19-22)34-18-13-31-20-26(34)28(36)37/h1-2,5-6,11-13,19-20,25H,3-4,7-10,14-18H2,(H,36,37). The molecule has 4 aliphatic rings. The van der Waals surface area contributed by atoms with Crippen molar-refractivity contribution in [3.05, 3.63) is 71.3 Å². The Morgan fingerprint density at radius 1 is 0.973 bits per heavy atom. The number of anilines is 1. The Morgan fingerprint density at radius 3 is 2.43 bits per heavy atom. The van der Waals surface area contributed by atoms with Gasteiger partial charge in [0.1, 0.15) is 5.70 Å². The number of carbonyl (C=O) groups excluding carboxylic acids is 1. The Kier molecular flexibility index (Phi) is 6.18. The van der Waals surface area contributed by atoms with Crippen molar-refractivity contribution < 1.29 is 14.7 Å². The molecule has 1 N–H and O–H groups in total. The number of carboxylic acid groups (broad SMARTS) is 1. The number of piperidine rings is 2. The lowest BCUT2D eigenvalue weighted by Gasteiger charge is -2.47. The summed E-state index contributed by atoms with van der Waals surface area (Å²) in [6.07, 6.45) is 13.0. The predicted octanol–water partition coefficient (Wildman–Crippen LogP) is 3.90. The summed E-state index contributed by atoms with van der Waals surface area (Å²) in [5.74, 6) is -0.877. The van der Waals surface area contributed by atoms with E-state index in [4.69, 9.17) is 0 Å². The molecule has 1 spiro atoms. The summed E-state index contributed by atoms with van der Waals surface area (Å²) in [4.78, 5) is 39.9. The Morgan fingerprint density at radius 2 is 1.70 bits per heavy atom. The molecular formula is C29H33N5O3. The zero-order valence-corrected chi connectivity index (χ0v) is 21.1. The average molecular weight is 500 g/mol. The maximum atomic E-state index is 13.5. The van der Waals surface area contributed by atoms with E-state index >= 15 is 0 Å². The lowest BCUT2D eigenvalue weighted by atomic mass is 9.71. The predicted molar refractivity (Wildman–Crippen MR) is 142 cm³/mol. The molecule has 2 saturated heterocycles. The molecule has 1 aromatic carbocycles. The summed E-state index contributed by atoms with van der Waals surface area (Å²) in [7, 11) is 0. The van der Waals surface area contributed by atoms with Crippen LogP contribution in [-0.2, 0) is 11.2 Å². The molecule has 37 heavy (non-hydrogen) atoms. The zero-order valence-electron chi connectivity index (χ0n) is 21.1. The Labute approximate surface area is 217 Å². The van der Waals surface area contributed by atoms with Gasteiger partial charge in [0.25, 0.3) is 5.91 Å². The van der Waals surface area contributed by atoms with Crippen LogP contribution in [0.25, 0.3) is 0 Å². The summed E-state index contributed by atoms with van der Waals surface area (Å²) in [5, 5.41) is 9.66. The molecule has 1 atom stereocenters. The number of hydrogen-bond acceptors (Lipinski definition) is 6. The van der Waals surface area contributed by atoms with Crippen molar-refractivity contribution in [3.63, 3.8) is 0 Å². The fourth-order valence-electron chi connectivity index (χ4n) is 6.60. The summed E-state index contributed by atoms with van der Waals surface area (Å²) >= 11 is 0. The van der Waals surface area contributed by atoms with Gasteiger partial charge >= 0.3 is 5.97 Å². The number of carboxylic acids is 1. The number of aromatic nitrogens is 1. The second-order valence-electron chi connectivity index (χ2n) is 10.8. The molecule has 0 bridgehead atoms. The molecule has 6 rings (SSSR count). The second-order valence-corrected chi connectivity index (χ2v) is 10.8. The highest BCUT2D eigenvalue weighted by atomic mass is 16.4. The van der Waals surface area contributed by atoms with Crippen LogP contribution in [0.1, 0.15) is 59.6 Å². The SMILES string of the molecule is O=C(O)C1=CN=CCN1C1CCc2ccc(C(=O)N3CCC4(CC3)CCN(c3ccncc3)CC4)cc21. The molecule has 1 aromatic heterocycles. The van der Waals surface area contributed by atoms with Gasteiger partial charge in [-0.15, -0.1) is 0 Å². The molecule has 1 aliphatic carbocycles. The van der Waals surface area contributed by atoms with Gasteiger partial charge in [0.05, 0.1) is 18.8 Å². The maximum absolute atomic E-state index is 13.5. The molecule has 1 amide bonds. The molecule has 8 nitrogen and oxygen atoms in total. The molecule has 1 unspecified atom stereocenters. The fraction of sp³-hybridized carbons (Fsp3) is 0.448. The van der Waals surface area contributed by atoms with Crippen molar-refractivity contribution >= 4 is 23.8 Å². The van der Waals surface area contributed by atoms with Gasteiger partial charge < -0.3 is 19.8 Å². The number of aliphatic carboxylic acids is 1. The van der Waals surface area contributed by atoms with Crippen molar-refractivity contribution in [2.24, 2.45) is 10.4 Å². The van der Waals surface area contributed by atoms with Crippen LogP contribution in [0.3, 0.4) is 0 Å². The number of amides is 1. The monoisotopic (exact) mass is 499 g/mol. The number of rotatable bonds is 4. The van der Waals surface area contributed by atoms with Crippen molar-refractivity contribution in [2.45, 2.75) is 44.6 Å². The normalized spacial score (nSPS) is 22.6. The maximum Gasteiger partial charge on any atom is 0.353 e. The first-order chi connectivity index (χ1) is 18.0. The minimum Gasteiger partial charge on any atom is -0.477 e. The molecule has 2 aromatic rings. The highest BCUT2D eigenvalue weighted by Crippen LogP contribution is 2.43. The van der Waals surface area contributed by atoms with Gasteiger partial charge in [0, 0.05) is 56.0 Å². The lowest BCUT2D eigenvalue weighted by molar-refractivity contribution is -0.134. The van der Waals surface area contributed by atoms with E-state index in [1.807, 2.05) is 34.3 Å². The van der Waals surface area contributed by atoms with E-state index in [0.29, 0.717) is 17.5 Å². The van der Waals surface area contributed by atoms with E-state index in [9.17, 15) is 14.7 Å². The van der Waals surface area contributed by atoms with E-state index in [2.05, 4.69) is 33.1 Å². The zero-order chi connectivity index (χ0) is 25.4. The number of fused-ring (bicyclic) bond motifs is 1. The summed E-state index contributed by atoms with van der Waals surface area (Å²) in [5.41, 5.74) is 4.78. The number of aryl methyl sites for hydroxylation is 1. The van der Waals surface area contributed by atoms with Crippen LogP contribution < -0.4 is 4.90 Å². The van der Waals surface area contributed by atoms with Crippen LogP contribution in [0, 0.1) is 5.41 Å². The van der Waals surface area contributed by atoms with Gasteiger partial charge in [0.2, 0.25) is 0 Å². The first-order valence-corrected chi connectivity index (χ1v) is 13.3. The van der Waals surface area contributed by atoms with Crippen LogP contribution in [0.2, 0.25) is 0 Å². The molecule has 8 heteroatoms. The van der Waals surface area contributed by atoms with Crippen LogP contribution in [-0.4, -0.2) is 70.7 Å². The topological polar surface area (TPSA) is 89.3 Å². The highest BCUT2D eigenvalue weighted by molar-refractivity contribution is 5.94. The number of benzene rings is 1. The second kappa shape index (κ2) is 9.65. The van der Waals surface area contributed by atoms with Crippen molar-refractivity contribution in [1.29, 1.82) is 0 Å². The number of likely N-dealkylation sites (tertiary alicyclic amines) is 1. The Balaban J connectivity index is 1.11. The molecule has 0 saturated carbocycles. The van der Waals surface area contributed by atoms with E-state index < -0.39 is 5.97 Å². The third kappa shape index (κ3) is 4.49. The largest absolute Gasteiger partial charge is 0.477 e. The van der Waals surface area contributed by atoms with Crippen molar-refractivity contribution in [3.8, 4) is 0 Å². The summed E-state index contributed by atoms with van der Waals surface area (Å²) < 4.78 is 0. The van der Waals surface area contributed by atoms with Crippen molar-refractivity contribution in [1.82, 2.24) is 14.8 Å². The molecular weight excluding hydrogens is 466 g/mol. The number of pyridine rings is 1. The minimum absolute atomic E-state index is 0.0490. The van der Waals surface area contributed by atoms with Gasteiger partial charge in [-0.1, -0.05) is 6.07 Å². The van der Waals surface area contributed by atoms with Crippen LogP contribution >= 0.6 is 0 Å². The molecule has 192 valence electrons. The lowest BCUT2D eigenvalue weighted by Crippen LogP contribution is -2.48. The summed E-state index contributed by atoms with van der Waals surface area (Å²) in [6, 6.07) is 10.1. The van der Waals surface area contributed by atoms with Gasteiger partial charge in [-0.25, -0.2) is 4.79 Å². The van der Waals surface area contributed by atoms with Crippen LogP contribution in [0.4, 0.5) is 5.69 Å². The number of hydrogen-bond donors (Lipinski definition) is 1. The van der Waals surface area contributed by atoms with Crippen molar-refractivity contribution in [2.75, 3.05) is 37.6 Å². The smallest absolute Gasteiger partial charge is 0.353 e. The summed E-state index contributed by atoms with van der Waals surface area (Å²) in [6.45, 7) is 4.16. The van der Waals surface area contributed by atoms with Gasteiger partial charge in [-0.05, 0) is 79.3 Å². The molecule has 3 aliphatic heterocycles. The molecule has 0 radical (unpaired) electrons. The van der Waals surface area contributed by atoms with Gasteiger partial charge in [-0.3, -0.25) is 14.8 Å². The first-order valence-electron chi connectivity index (χ1n) is 13.3. The number of carbonyl (C=O) groups is 2. The quantitative estimate of drug-likeness (QED) is 0.686. The minimum atomic E-state index is -0.966. The highest BCUT2D eigenvalue weighted by Gasteiger charge is 2.39. The van der Waals surface area contributed by atoms with Gasteiger partial charge in [-0.2, -0.15) is 0 Å². The third-order valence-electron chi connectivity index (χ3n) is 8.89. The van der Waals surface area contributed by atoms with Crippen LogP contribution in [0.5, 0.6) is 0 Å². The van der Waals surface area contributed by atoms with E-state index in [1.54, 1.807) is 6.21 Å². The van der Waals surface area contributed by atoms with E-state index in [1.165, 1.54) is 17.5 Å².